The van der Waals surface area contributed by atoms with Gasteiger partial charge in [0.2, 0.25) is 5.90 Å². The largest absolute Gasteiger partial charge is 0.435 e. The summed E-state index contributed by atoms with van der Waals surface area (Å²) < 4.78 is 46.4. The van der Waals surface area contributed by atoms with Crippen LogP contribution in [0, 0.1) is 5.82 Å². The van der Waals surface area contributed by atoms with Crippen LogP contribution in [0.4, 0.5) is 13.2 Å². The van der Waals surface area contributed by atoms with Crippen LogP contribution in [0.25, 0.3) is 6.08 Å². The summed E-state index contributed by atoms with van der Waals surface area (Å²) in [6.45, 7) is -2.90. The third-order valence-electron chi connectivity index (χ3n) is 3.12. The molecule has 0 bridgehead atoms. The molecule has 0 saturated carbocycles. The lowest BCUT2D eigenvalue weighted by molar-refractivity contribution is -0.129. The Balaban J connectivity index is 1.81. The summed E-state index contributed by atoms with van der Waals surface area (Å²) in [5.74, 6) is -0.978. The fourth-order valence-electron chi connectivity index (χ4n) is 2.03. The Morgan fingerprint density at radius 2 is 1.71 bits per heavy atom. The molecule has 0 saturated heterocycles. The summed E-state index contributed by atoms with van der Waals surface area (Å²) in [6.07, 6.45) is 1.45. The zero-order valence-electron chi connectivity index (χ0n) is 12.1. The number of cyclic esters (lactones) is 1. The summed E-state index contributed by atoms with van der Waals surface area (Å²) in [6, 6.07) is 11.1. The van der Waals surface area contributed by atoms with Crippen LogP contribution in [-0.2, 0) is 9.53 Å². The van der Waals surface area contributed by atoms with Crippen LogP contribution >= 0.6 is 0 Å². The topological polar surface area (TPSA) is 47.9 Å². The molecule has 0 fully saturated rings. The first-order valence-corrected chi connectivity index (χ1v) is 6.84. The van der Waals surface area contributed by atoms with E-state index in [1.807, 2.05) is 0 Å². The molecule has 0 aliphatic carbocycles. The normalized spacial score (nSPS) is 15.6. The quantitative estimate of drug-likeness (QED) is 0.632. The third-order valence-corrected chi connectivity index (χ3v) is 3.12. The van der Waals surface area contributed by atoms with Gasteiger partial charge in [-0.25, -0.2) is 14.2 Å². The minimum absolute atomic E-state index is 0.0108. The van der Waals surface area contributed by atoms with Gasteiger partial charge in [0, 0.05) is 5.56 Å². The number of carbonyl (C=O) groups excluding carboxylic acids is 1. The fraction of sp³-hybridized carbons (Fsp3) is 0.0588. The summed E-state index contributed by atoms with van der Waals surface area (Å²) in [5, 5.41) is 0. The predicted octanol–water partition coefficient (Wildman–Crippen LogP) is 3.77. The summed E-state index contributed by atoms with van der Waals surface area (Å²) in [7, 11) is 0. The van der Waals surface area contributed by atoms with Crippen molar-refractivity contribution < 1.29 is 27.4 Å². The SMILES string of the molecule is O=C1OC(c2ccc(F)cc2)=N/C1=C\c1ccc(OC(F)F)cc1. The number of carbonyl (C=O) groups is 1. The Hall–Kier alpha value is -3.09. The monoisotopic (exact) mass is 333 g/mol. The zero-order chi connectivity index (χ0) is 17.1. The van der Waals surface area contributed by atoms with Crippen LogP contribution < -0.4 is 4.74 Å². The molecule has 0 unspecified atom stereocenters. The number of aliphatic imine (C=N–C) groups is 1. The van der Waals surface area contributed by atoms with Crippen molar-refractivity contribution in [2.24, 2.45) is 4.99 Å². The van der Waals surface area contributed by atoms with E-state index in [4.69, 9.17) is 4.74 Å². The third kappa shape index (κ3) is 3.62. The second kappa shape index (κ2) is 6.57. The molecule has 3 rings (SSSR count). The number of nitrogens with zero attached hydrogens (tertiary/aromatic N) is 1. The van der Waals surface area contributed by atoms with E-state index >= 15 is 0 Å². The van der Waals surface area contributed by atoms with Gasteiger partial charge in [-0.05, 0) is 48.0 Å². The molecule has 2 aromatic rings. The van der Waals surface area contributed by atoms with Gasteiger partial charge >= 0.3 is 12.6 Å². The smallest absolute Gasteiger partial charge is 0.387 e. The Morgan fingerprint density at radius 1 is 1.04 bits per heavy atom. The number of ether oxygens (including phenoxy) is 2. The van der Waals surface area contributed by atoms with E-state index in [1.165, 1.54) is 54.6 Å². The molecule has 0 amide bonds. The molecule has 2 aromatic carbocycles. The Labute approximate surface area is 134 Å². The number of rotatable bonds is 4. The molecule has 24 heavy (non-hydrogen) atoms. The Morgan fingerprint density at radius 3 is 2.33 bits per heavy atom. The first-order valence-electron chi connectivity index (χ1n) is 6.84. The predicted molar refractivity (Wildman–Crippen MR) is 80.1 cm³/mol. The van der Waals surface area contributed by atoms with Crippen LogP contribution in [0.3, 0.4) is 0 Å². The van der Waals surface area contributed by atoms with Crippen LogP contribution in [0.5, 0.6) is 5.75 Å². The maximum Gasteiger partial charge on any atom is 0.387 e. The van der Waals surface area contributed by atoms with Crippen LogP contribution in [0.2, 0.25) is 0 Å². The molecule has 7 heteroatoms. The van der Waals surface area contributed by atoms with Crippen molar-refractivity contribution in [1.82, 2.24) is 0 Å². The molecule has 0 atom stereocenters. The van der Waals surface area contributed by atoms with Gasteiger partial charge in [-0.3, -0.25) is 0 Å². The van der Waals surface area contributed by atoms with Gasteiger partial charge in [0.15, 0.2) is 5.70 Å². The second-order valence-electron chi connectivity index (χ2n) is 4.79. The standard InChI is InChI=1S/C17H10F3NO3/c18-12-5-3-11(4-6-12)15-21-14(16(22)24-15)9-10-1-7-13(8-2-10)23-17(19)20/h1-9,17H/b14-9-. The molecule has 4 nitrogen and oxygen atoms in total. The molecule has 1 aliphatic rings. The van der Waals surface area contributed by atoms with Gasteiger partial charge in [0.05, 0.1) is 0 Å². The van der Waals surface area contributed by atoms with Crippen molar-refractivity contribution in [2.75, 3.05) is 0 Å². The second-order valence-corrected chi connectivity index (χ2v) is 4.79. The van der Waals surface area contributed by atoms with Crippen molar-refractivity contribution >= 4 is 17.9 Å². The van der Waals surface area contributed by atoms with E-state index in [0.29, 0.717) is 11.1 Å². The number of hydrogen-bond acceptors (Lipinski definition) is 4. The first kappa shape index (κ1) is 15.8. The van der Waals surface area contributed by atoms with Gasteiger partial charge in [-0.15, -0.1) is 0 Å². The minimum atomic E-state index is -2.90. The van der Waals surface area contributed by atoms with E-state index in [2.05, 4.69) is 9.73 Å². The van der Waals surface area contributed by atoms with Crippen LogP contribution in [0.1, 0.15) is 11.1 Å². The molecule has 0 aromatic heterocycles. The Kier molecular flexibility index (Phi) is 4.33. The minimum Gasteiger partial charge on any atom is -0.435 e. The summed E-state index contributed by atoms with van der Waals surface area (Å²) in [5.41, 5.74) is 1.08. The van der Waals surface area contributed by atoms with Crippen LogP contribution in [0.15, 0.2) is 59.2 Å². The highest BCUT2D eigenvalue weighted by atomic mass is 19.3. The molecule has 1 heterocycles. The van der Waals surface area contributed by atoms with Crippen molar-refractivity contribution in [3.8, 4) is 5.75 Å². The van der Waals surface area contributed by atoms with E-state index in [1.54, 1.807) is 0 Å². The van der Waals surface area contributed by atoms with E-state index in [0.717, 1.165) is 0 Å². The number of benzene rings is 2. The number of hydrogen-bond donors (Lipinski definition) is 0. The summed E-state index contributed by atoms with van der Waals surface area (Å²) >= 11 is 0. The lowest BCUT2D eigenvalue weighted by Gasteiger charge is -2.03. The van der Waals surface area contributed by atoms with Gasteiger partial charge < -0.3 is 9.47 Å². The fourth-order valence-corrected chi connectivity index (χ4v) is 2.03. The number of esters is 1. The summed E-state index contributed by atoms with van der Waals surface area (Å²) in [4.78, 5) is 15.9. The van der Waals surface area contributed by atoms with E-state index < -0.39 is 18.4 Å². The first-order chi connectivity index (χ1) is 11.5. The zero-order valence-corrected chi connectivity index (χ0v) is 12.1. The lowest BCUT2D eigenvalue weighted by Crippen LogP contribution is -2.05. The van der Waals surface area contributed by atoms with E-state index in [-0.39, 0.29) is 17.3 Å². The highest BCUT2D eigenvalue weighted by molar-refractivity contribution is 6.12. The highest BCUT2D eigenvalue weighted by Crippen LogP contribution is 2.21. The molecule has 122 valence electrons. The van der Waals surface area contributed by atoms with Gasteiger partial charge in [-0.2, -0.15) is 8.78 Å². The van der Waals surface area contributed by atoms with Crippen molar-refractivity contribution in [3.63, 3.8) is 0 Å². The maximum absolute atomic E-state index is 12.9. The average Bonchev–Trinajstić information content (AvgIpc) is 2.90. The Bertz CT molecular complexity index is 812. The van der Waals surface area contributed by atoms with Crippen LogP contribution in [-0.4, -0.2) is 18.5 Å². The molecular weight excluding hydrogens is 323 g/mol. The van der Waals surface area contributed by atoms with Gasteiger partial charge in [0.1, 0.15) is 11.6 Å². The molecule has 1 aliphatic heterocycles. The van der Waals surface area contributed by atoms with E-state index in [9.17, 15) is 18.0 Å². The maximum atomic E-state index is 12.9. The molecule has 0 radical (unpaired) electrons. The van der Waals surface area contributed by atoms with Crippen molar-refractivity contribution in [2.45, 2.75) is 6.61 Å². The number of halogens is 3. The number of alkyl halides is 2. The molecule has 0 spiro atoms. The molecular formula is C17H10F3NO3. The van der Waals surface area contributed by atoms with Crippen molar-refractivity contribution in [1.29, 1.82) is 0 Å². The van der Waals surface area contributed by atoms with Gasteiger partial charge in [0.25, 0.3) is 0 Å². The average molecular weight is 333 g/mol. The van der Waals surface area contributed by atoms with Crippen molar-refractivity contribution in [3.05, 3.63) is 71.2 Å². The van der Waals surface area contributed by atoms with Gasteiger partial charge in [-0.1, -0.05) is 12.1 Å². The lowest BCUT2D eigenvalue weighted by atomic mass is 10.2. The highest BCUT2D eigenvalue weighted by Gasteiger charge is 2.24. The molecule has 0 N–H and O–H groups in total.